The molecule has 2 unspecified atom stereocenters. The molecule has 1 aromatic rings. The number of hydrogen-bond donors (Lipinski definition) is 1. The van der Waals surface area contributed by atoms with E-state index in [1.54, 1.807) is 32.4 Å². The summed E-state index contributed by atoms with van der Waals surface area (Å²) >= 11 is 0. The Bertz CT molecular complexity index is 517. The Kier molecular flexibility index (Phi) is 4.99. The molecule has 1 N–H and O–H groups in total. The number of methoxy groups -OCH3 is 2. The standard InChI is InChI=1S/C18H27NO3/c1-12-6-14(11-18(2,3)10-12)19-17(20)13-7-15(21-4)9-16(8-13)22-5/h7-9,12,14H,6,10-11H2,1-5H3,(H,19,20). The summed E-state index contributed by atoms with van der Waals surface area (Å²) in [6.07, 6.45) is 3.27. The average molecular weight is 305 g/mol. The molecule has 1 aliphatic carbocycles. The lowest BCUT2D eigenvalue weighted by molar-refractivity contribution is 0.0873. The van der Waals surface area contributed by atoms with Crippen LogP contribution in [0.1, 0.15) is 50.4 Å². The van der Waals surface area contributed by atoms with Crippen molar-refractivity contribution < 1.29 is 14.3 Å². The Morgan fingerprint density at radius 2 is 1.73 bits per heavy atom. The molecule has 1 fully saturated rings. The van der Waals surface area contributed by atoms with Gasteiger partial charge in [0.15, 0.2) is 0 Å². The number of rotatable bonds is 4. The van der Waals surface area contributed by atoms with Gasteiger partial charge in [0, 0.05) is 17.7 Å². The van der Waals surface area contributed by atoms with Crippen LogP contribution in [0, 0.1) is 11.3 Å². The molecule has 1 saturated carbocycles. The minimum atomic E-state index is -0.0629. The predicted molar refractivity (Wildman–Crippen MR) is 87.6 cm³/mol. The van der Waals surface area contributed by atoms with Crippen molar-refractivity contribution in [2.75, 3.05) is 14.2 Å². The van der Waals surface area contributed by atoms with Gasteiger partial charge < -0.3 is 14.8 Å². The summed E-state index contributed by atoms with van der Waals surface area (Å²) in [6, 6.07) is 5.48. The minimum absolute atomic E-state index is 0.0629. The predicted octanol–water partition coefficient (Wildman–Crippen LogP) is 3.65. The van der Waals surface area contributed by atoms with Crippen LogP contribution in [0.5, 0.6) is 11.5 Å². The summed E-state index contributed by atoms with van der Waals surface area (Å²) in [4.78, 5) is 12.5. The molecule has 0 saturated heterocycles. The van der Waals surface area contributed by atoms with Crippen LogP contribution in [-0.4, -0.2) is 26.2 Å². The Hall–Kier alpha value is -1.71. The average Bonchev–Trinajstić information content (AvgIpc) is 2.44. The third kappa shape index (κ3) is 4.15. The second-order valence-electron chi connectivity index (χ2n) is 7.19. The molecule has 2 rings (SSSR count). The molecule has 0 heterocycles. The van der Waals surface area contributed by atoms with Crippen molar-refractivity contribution in [2.24, 2.45) is 11.3 Å². The summed E-state index contributed by atoms with van der Waals surface area (Å²) in [5.74, 6) is 1.82. The van der Waals surface area contributed by atoms with E-state index in [4.69, 9.17) is 9.47 Å². The van der Waals surface area contributed by atoms with Gasteiger partial charge in [-0.2, -0.15) is 0 Å². The van der Waals surface area contributed by atoms with Crippen LogP contribution in [0.3, 0.4) is 0 Å². The van der Waals surface area contributed by atoms with E-state index in [0.717, 1.165) is 12.8 Å². The Balaban J connectivity index is 2.12. The van der Waals surface area contributed by atoms with Crippen molar-refractivity contribution in [2.45, 2.75) is 46.1 Å². The molecular formula is C18H27NO3. The third-order valence-electron chi connectivity index (χ3n) is 4.34. The van der Waals surface area contributed by atoms with E-state index in [0.29, 0.717) is 23.0 Å². The molecule has 0 aromatic heterocycles. The first kappa shape index (κ1) is 16.7. The molecule has 0 spiro atoms. The number of carbonyl (C=O) groups is 1. The number of ether oxygens (including phenoxy) is 2. The fourth-order valence-corrected chi connectivity index (χ4v) is 3.66. The molecule has 0 aliphatic heterocycles. The third-order valence-corrected chi connectivity index (χ3v) is 4.34. The van der Waals surface area contributed by atoms with Gasteiger partial charge in [-0.05, 0) is 42.7 Å². The number of benzene rings is 1. The zero-order valence-electron chi connectivity index (χ0n) is 14.2. The monoisotopic (exact) mass is 305 g/mol. The maximum Gasteiger partial charge on any atom is 0.251 e. The number of carbonyl (C=O) groups excluding carboxylic acids is 1. The van der Waals surface area contributed by atoms with Crippen molar-refractivity contribution in [3.8, 4) is 11.5 Å². The Morgan fingerprint density at radius 3 is 2.23 bits per heavy atom. The first-order chi connectivity index (χ1) is 10.3. The molecule has 0 bridgehead atoms. The van der Waals surface area contributed by atoms with Crippen molar-refractivity contribution in [3.63, 3.8) is 0 Å². The summed E-state index contributed by atoms with van der Waals surface area (Å²) in [6.45, 7) is 6.81. The lowest BCUT2D eigenvalue weighted by Crippen LogP contribution is -2.43. The molecule has 2 atom stereocenters. The molecule has 1 amide bonds. The zero-order valence-corrected chi connectivity index (χ0v) is 14.2. The molecule has 1 aliphatic rings. The van der Waals surface area contributed by atoms with Gasteiger partial charge >= 0.3 is 0 Å². The summed E-state index contributed by atoms with van der Waals surface area (Å²) in [5, 5.41) is 3.17. The maximum atomic E-state index is 12.5. The highest BCUT2D eigenvalue weighted by molar-refractivity contribution is 5.95. The van der Waals surface area contributed by atoms with E-state index in [1.165, 1.54) is 6.42 Å². The quantitative estimate of drug-likeness (QED) is 0.923. The zero-order chi connectivity index (χ0) is 16.3. The summed E-state index contributed by atoms with van der Waals surface area (Å²) in [5.41, 5.74) is 0.856. The largest absolute Gasteiger partial charge is 0.497 e. The van der Waals surface area contributed by atoms with Crippen LogP contribution in [0.15, 0.2) is 18.2 Å². The van der Waals surface area contributed by atoms with Gasteiger partial charge in [0.05, 0.1) is 14.2 Å². The summed E-state index contributed by atoms with van der Waals surface area (Å²) < 4.78 is 10.5. The summed E-state index contributed by atoms with van der Waals surface area (Å²) in [7, 11) is 3.17. The fraction of sp³-hybridized carbons (Fsp3) is 0.611. The second-order valence-corrected chi connectivity index (χ2v) is 7.19. The van der Waals surface area contributed by atoms with Gasteiger partial charge in [0.1, 0.15) is 11.5 Å². The molecule has 0 radical (unpaired) electrons. The van der Waals surface area contributed by atoms with Crippen LogP contribution >= 0.6 is 0 Å². The molecule has 4 nitrogen and oxygen atoms in total. The number of amides is 1. The molecule has 4 heteroatoms. The van der Waals surface area contributed by atoms with Crippen molar-refractivity contribution in [1.29, 1.82) is 0 Å². The second kappa shape index (κ2) is 6.59. The number of nitrogens with one attached hydrogen (secondary N) is 1. The highest BCUT2D eigenvalue weighted by Crippen LogP contribution is 2.38. The smallest absolute Gasteiger partial charge is 0.251 e. The maximum absolute atomic E-state index is 12.5. The van der Waals surface area contributed by atoms with Gasteiger partial charge in [0.25, 0.3) is 5.91 Å². The van der Waals surface area contributed by atoms with Gasteiger partial charge in [-0.15, -0.1) is 0 Å². The van der Waals surface area contributed by atoms with Crippen LogP contribution in [0.4, 0.5) is 0 Å². The van der Waals surface area contributed by atoms with E-state index in [-0.39, 0.29) is 17.4 Å². The highest BCUT2D eigenvalue weighted by Gasteiger charge is 2.32. The van der Waals surface area contributed by atoms with E-state index in [9.17, 15) is 4.79 Å². The van der Waals surface area contributed by atoms with Gasteiger partial charge in [-0.1, -0.05) is 20.8 Å². The lowest BCUT2D eigenvalue weighted by Gasteiger charge is -2.39. The Morgan fingerprint density at radius 1 is 1.14 bits per heavy atom. The Labute approximate surface area is 133 Å². The van der Waals surface area contributed by atoms with Crippen LogP contribution < -0.4 is 14.8 Å². The van der Waals surface area contributed by atoms with Crippen molar-refractivity contribution in [1.82, 2.24) is 5.32 Å². The van der Waals surface area contributed by atoms with Crippen molar-refractivity contribution in [3.05, 3.63) is 23.8 Å². The van der Waals surface area contributed by atoms with E-state index in [2.05, 4.69) is 26.1 Å². The van der Waals surface area contributed by atoms with E-state index < -0.39 is 0 Å². The SMILES string of the molecule is COc1cc(OC)cc(C(=O)NC2CC(C)CC(C)(C)C2)c1. The van der Waals surface area contributed by atoms with Crippen LogP contribution in [0.2, 0.25) is 0 Å². The van der Waals surface area contributed by atoms with Crippen LogP contribution in [0.25, 0.3) is 0 Å². The van der Waals surface area contributed by atoms with Crippen molar-refractivity contribution >= 4 is 5.91 Å². The normalized spacial score (nSPS) is 23.7. The first-order valence-electron chi connectivity index (χ1n) is 7.87. The topological polar surface area (TPSA) is 47.6 Å². The lowest BCUT2D eigenvalue weighted by atomic mass is 9.70. The minimum Gasteiger partial charge on any atom is -0.497 e. The van der Waals surface area contributed by atoms with E-state index in [1.807, 2.05) is 0 Å². The van der Waals surface area contributed by atoms with Gasteiger partial charge in [0.2, 0.25) is 0 Å². The fourth-order valence-electron chi connectivity index (χ4n) is 3.66. The van der Waals surface area contributed by atoms with Gasteiger partial charge in [-0.25, -0.2) is 0 Å². The molecule has 22 heavy (non-hydrogen) atoms. The molecular weight excluding hydrogens is 278 g/mol. The van der Waals surface area contributed by atoms with Gasteiger partial charge in [-0.3, -0.25) is 4.79 Å². The number of hydrogen-bond acceptors (Lipinski definition) is 3. The highest BCUT2D eigenvalue weighted by atomic mass is 16.5. The van der Waals surface area contributed by atoms with E-state index >= 15 is 0 Å². The van der Waals surface area contributed by atoms with Crippen LogP contribution in [-0.2, 0) is 0 Å². The molecule has 122 valence electrons. The first-order valence-corrected chi connectivity index (χ1v) is 7.87. The molecule has 1 aromatic carbocycles.